The Hall–Kier alpha value is -0.930. The van der Waals surface area contributed by atoms with Crippen molar-refractivity contribution in [1.29, 1.82) is 0 Å². The van der Waals surface area contributed by atoms with E-state index in [0.717, 1.165) is 18.6 Å². The second kappa shape index (κ2) is 6.86. The highest BCUT2D eigenvalue weighted by atomic mass is 79.9. The fourth-order valence-electron chi connectivity index (χ4n) is 1.93. The van der Waals surface area contributed by atoms with Crippen molar-refractivity contribution in [3.05, 3.63) is 42.1 Å². The van der Waals surface area contributed by atoms with Crippen LogP contribution in [0.25, 0.3) is 10.9 Å². The Morgan fingerprint density at radius 2 is 2.22 bits per heavy atom. The molecule has 1 heterocycles. The molecule has 2 nitrogen and oxygen atoms in total. The van der Waals surface area contributed by atoms with Gasteiger partial charge in [-0.3, -0.25) is 4.98 Å². The Balaban J connectivity index is 1.88. The highest BCUT2D eigenvalue weighted by molar-refractivity contribution is 9.09. The summed E-state index contributed by atoms with van der Waals surface area (Å²) >= 11 is 3.65. The summed E-state index contributed by atoms with van der Waals surface area (Å²) in [5.41, 5.74) is 2.38. The van der Waals surface area contributed by atoms with Crippen LogP contribution < -0.4 is 5.32 Å². The van der Waals surface area contributed by atoms with Crippen LogP contribution in [0.3, 0.4) is 0 Å². The van der Waals surface area contributed by atoms with E-state index in [2.05, 4.69) is 57.4 Å². The third-order valence-corrected chi connectivity index (χ3v) is 4.18. The lowest BCUT2D eigenvalue weighted by atomic mass is 10.1. The van der Waals surface area contributed by atoms with Gasteiger partial charge in [-0.1, -0.05) is 35.0 Å². The fourth-order valence-corrected chi connectivity index (χ4v) is 2.16. The molecule has 1 atom stereocenters. The molecule has 18 heavy (non-hydrogen) atoms. The van der Waals surface area contributed by atoms with Crippen LogP contribution in [0.5, 0.6) is 0 Å². The van der Waals surface area contributed by atoms with Gasteiger partial charge in [-0.25, -0.2) is 0 Å². The molecule has 2 aromatic rings. The molecule has 96 valence electrons. The number of rotatable bonds is 6. The van der Waals surface area contributed by atoms with Gasteiger partial charge >= 0.3 is 0 Å². The van der Waals surface area contributed by atoms with E-state index < -0.39 is 0 Å². The number of halogens is 1. The Kier molecular flexibility index (Phi) is 5.14. The normalized spacial score (nSPS) is 12.8. The van der Waals surface area contributed by atoms with Gasteiger partial charge in [0.05, 0.1) is 5.52 Å². The quantitative estimate of drug-likeness (QED) is 0.647. The molecule has 0 radical (unpaired) electrons. The molecule has 0 aliphatic rings. The monoisotopic (exact) mass is 306 g/mol. The SMILES string of the molecule is CCC(Br)CCNCc1ccc2ncccc2c1. The molecular weight excluding hydrogens is 288 g/mol. The topological polar surface area (TPSA) is 24.9 Å². The van der Waals surface area contributed by atoms with E-state index in [4.69, 9.17) is 0 Å². The molecule has 0 bridgehead atoms. The highest BCUT2D eigenvalue weighted by Crippen LogP contribution is 2.13. The first-order chi connectivity index (χ1) is 8.79. The first-order valence-electron chi connectivity index (χ1n) is 6.48. The fraction of sp³-hybridized carbons (Fsp3) is 0.400. The zero-order chi connectivity index (χ0) is 12.8. The van der Waals surface area contributed by atoms with Crippen LogP contribution in [-0.2, 0) is 6.54 Å². The van der Waals surface area contributed by atoms with Crippen LogP contribution in [0.4, 0.5) is 0 Å². The molecule has 0 fully saturated rings. The molecular formula is C15H19BrN2. The van der Waals surface area contributed by atoms with Crippen LogP contribution in [0.2, 0.25) is 0 Å². The van der Waals surface area contributed by atoms with Crippen molar-refractivity contribution >= 4 is 26.8 Å². The van der Waals surface area contributed by atoms with Crippen molar-refractivity contribution in [2.45, 2.75) is 31.1 Å². The van der Waals surface area contributed by atoms with Gasteiger partial charge in [0.25, 0.3) is 0 Å². The maximum Gasteiger partial charge on any atom is 0.0702 e. The molecule has 1 aromatic carbocycles. The molecule has 1 N–H and O–H groups in total. The molecule has 1 aromatic heterocycles. The summed E-state index contributed by atoms with van der Waals surface area (Å²) in [5.74, 6) is 0. The molecule has 0 amide bonds. The van der Waals surface area contributed by atoms with Gasteiger partial charge in [-0.05, 0) is 43.1 Å². The predicted octanol–water partition coefficient (Wildman–Crippen LogP) is 3.89. The maximum atomic E-state index is 4.33. The van der Waals surface area contributed by atoms with Gasteiger partial charge in [-0.2, -0.15) is 0 Å². The average molecular weight is 307 g/mol. The standard InChI is InChI=1S/C15H19BrN2/c1-2-14(16)7-9-17-11-12-5-6-15-13(10-12)4-3-8-18-15/h3-6,8,10,14,17H,2,7,9,11H2,1H3. The van der Waals surface area contributed by atoms with Crippen LogP contribution in [-0.4, -0.2) is 16.4 Å². The number of pyridine rings is 1. The summed E-state index contributed by atoms with van der Waals surface area (Å²) in [5, 5.41) is 4.69. The van der Waals surface area contributed by atoms with Gasteiger partial charge in [0.2, 0.25) is 0 Å². The van der Waals surface area contributed by atoms with Gasteiger partial charge in [-0.15, -0.1) is 0 Å². The number of nitrogens with zero attached hydrogens (tertiary/aromatic N) is 1. The van der Waals surface area contributed by atoms with E-state index in [-0.39, 0.29) is 0 Å². The van der Waals surface area contributed by atoms with Gasteiger partial charge in [0, 0.05) is 23.0 Å². The van der Waals surface area contributed by atoms with Gasteiger partial charge in [0.1, 0.15) is 0 Å². The van der Waals surface area contributed by atoms with Crippen LogP contribution in [0.15, 0.2) is 36.5 Å². The van der Waals surface area contributed by atoms with E-state index in [9.17, 15) is 0 Å². The van der Waals surface area contributed by atoms with Crippen molar-refractivity contribution in [3.8, 4) is 0 Å². The Morgan fingerprint density at radius 3 is 3.06 bits per heavy atom. The van der Waals surface area contributed by atoms with Crippen molar-refractivity contribution in [2.24, 2.45) is 0 Å². The molecule has 0 aliphatic carbocycles. The summed E-state index contributed by atoms with van der Waals surface area (Å²) in [6.45, 7) is 4.18. The average Bonchev–Trinajstić information content (AvgIpc) is 2.43. The lowest BCUT2D eigenvalue weighted by molar-refractivity contribution is 0.630. The minimum atomic E-state index is 0.630. The van der Waals surface area contributed by atoms with Crippen LogP contribution >= 0.6 is 15.9 Å². The summed E-state index contributed by atoms with van der Waals surface area (Å²) in [7, 11) is 0. The highest BCUT2D eigenvalue weighted by Gasteiger charge is 2.00. The maximum absolute atomic E-state index is 4.33. The summed E-state index contributed by atoms with van der Waals surface area (Å²) in [4.78, 5) is 4.96. The Morgan fingerprint density at radius 1 is 1.33 bits per heavy atom. The molecule has 2 rings (SSSR count). The van der Waals surface area contributed by atoms with Crippen molar-refractivity contribution in [2.75, 3.05) is 6.54 Å². The third kappa shape index (κ3) is 3.79. The molecule has 1 unspecified atom stereocenters. The van der Waals surface area contributed by atoms with E-state index >= 15 is 0 Å². The summed E-state index contributed by atoms with van der Waals surface area (Å²) in [6, 6.07) is 10.5. The predicted molar refractivity (Wildman–Crippen MR) is 81.1 cm³/mol. The van der Waals surface area contributed by atoms with E-state index in [0.29, 0.717) is 4.83 Å². The Bertz CT molecular complexity index is 499. The summed E-state index contributed by atoms with van der Waals surface area (Å²) in [6.07, 6.45) is 4.19. The molecule has 0 saturated heterocycles. The minimum absolute atomic E-state index is 0.630. The zero-order valence-electron chi connectivity index (χ0n) is 10.7. The van der Waals surface area contributed by atoms with Gasteiger partial charge < -0.3 is 5.32 Å². The van der Waals surface area contributed by atoms with E-state index in [1.54, 1.807) is 0 Å². The van der Waals surface area contributed by atoms with Gasteiger partial charge in [0.15, 0.2) is 0 Å². The second-order valence-corrected chi connectivity index (χ2v) is 5.80. The van der Waals surface area contributed by atoms with Crippen molar-refractivity contribution < 1.29 is 0 Å². The first kappa shape index (κ1) is 13.5. The number of nitrogens with one attached hydrogen (secondary N) is 1. The minimum Gasteiger partial charge on any atom is -0.313 e. The largest absolute Gasteiger partial charge is 0.313 e. The second-order valence-electron chi connectivity index (χ2n) is 4.50. The lowest BCUT2D eigenvalue weighted by Crippen LogP contribution is -2.17. The Labute approximate surface area is 117 Å². The molecule has 0 spiro atoms. The van der Waals surface area contributed by atoms with Crippen LogP contribution in [0, 0.1) is 0 Å². The van der Waals surface area contributed by atoms with Crippen molar-refractivity contribution in [1.82, 2.24) is 10.3 Å². The lowest BCUT2D eigenvalue weighted by Gasteiger charge is -2.08. The molecule has 0 saturated carbocycles. The summed E-state index contributed by atoms with van der Waals surface area (Å²) < 4.78 is 0. The molecule has 3 heteroatoms. The zero-order valence-corrected chi connectivity index (χ0v) is 12.3. The van der Waals surface area contributed by atoms with E-state index in [1.165, 1.54) is 23.8 Å². The number of fused-ring (bicyclic) bond motifs is 1. The number of benzene rings is 1. The number of aromatic nitrogens is 1. The number of hydrogen-bond acceptors (Lipinski definition) is 2. The number of hydrogen-bond donors (Lipinski definition) is 1. The van der Waals surface area contributed by atoms with Crippen molar-refractivity contribution in [3.63, 3.8) is 0 Å². The van der Waals surface area contributed by atoms with E-state index in [1.807, 2.05) is 12.3 Å². The van der Waals surface area contributed by atoms with Crippen LogP contribution in [0.1, 0.15) is 25.3 Å². The molecule has 0 aliphatic heterocycles. The third-order valence-electron chi connectivity index (χ3n) is 3.07. The number of alkyl halides is 1. The smallest absolute Gasteiger partial charge is 0.0702 e. The first-order valence-corrected chi connectivity index (χ1v) is 7.39.